The Bertz CT molecular complexity index is 1340. The molecular formula is C28H34N8O. The summed E-state index contributed by atoms with van der Waals surface area (Å²) >= 11 is 0. The van der Waals surface area contributed by atoms with Crippen molar-refractivity contribution in [1.29, 1.82) is 0 Å². The molecule has 1 saturated heterocycles. The number of amides is 1. The third kappa shape index (κ3) is 6.06. The summed E-state index contributed by atoms with van der Waals surface area (Å²) in [5.41, 5.74) is 4.48. The molecule has 2 aromatic heterocycles. The number of fused-ring (bicyclic) bond motifs is 1. The van der Waals surface area contributed by atoms with Gasteiger partial charge in [-0.2, -0.15) is 9.97 Å². The maximum atomic E-state index is 11.3. The van der Waals surface area contributed by atoms with E-state index in [4.69, 9.17) is 9.97 Å². The molecule has 37 heavy (non-hydrogen) atoms. The number of aromatic nitrogens is 4. The lowest BCUT2D eigenvalue weighted by Crippen LogP contribution is -2.39. The van der Waals surface area contributed by atoms with Gasteiger partial charge < -0.3 is 20.5 Å². The fraction of sp³-hybridized carbons (Fsp3) is 0.357. The second-order valence-corrected chi connectivity index (χ2v) is 9.88. The van der Waals surface area contributed by atoms with Crippen molar-refractivity contribution in [2.45, 2.75) is 52.2 Å². The van der Waals surface area contributed by atoms with E-state index < -0.39 is 0 Å². The molecule has 1 amide bonds. The molecule has 0 radical (unpaired) electrons. The molecule has 5 rings (SSSR count). The molecule has 1 aliphatic rings. The van der Waals surface area contributed by atoms with Crippen molar-refractivity contribution in [3.63, 3.8) is 0 Å². The van der Waals surface area contributed by atoms with Crippen LogP contribution >= 0.6 is 0 Å². The van der Waals surface area contributed by atoms with Crippen LogP contribution in [0.25, 0.3) is 11.2 Å². The van der Waals surface area contributed by atoms with Crippen LogP contribution < -0.4 is 16.0 Å². The molecule has 0 spiro atoms. The summed E-state index contributed by atoms with van der Waals surface area (Å²) in [6.07, 6.45) is 3.89. The van der Waals surface area contributed by atoms with Crippen LogP contribution in [0.15, 0.2) is 60.9 Å². The summed E-state index contributed by atoms with van der Waals surface area (Å²) in [4.78, 5) is 28.1. The Balaban J connectivity index is 1.32. The lowest BCUT2D eigenvalue weighted by Gasteiger charge is -2.32. The summed E-state index contributed by atoms with van der Waals surface area (Å²) in [7, 11) is 0. The monoisotopic (exact) mass is 498 g/mol. The molecule has 2 aromatic carbocycles. The average molecular weight is 499 g/mol. The number of hydrogen-bond acceptors (Lipinski definition) is 7. The number of carbonyl (C=O) groups is 1. The lowest BCUT2D eigenvalue weighted by molar-refractivity contribution is -0.114. The predicted octanol–water partition coefficient (Wildman–Crippen LogP) is 5.19. The minimum absolute atomic E-state index is 0.0981. The van der Waals surface area contributed by atoms with Gasteiger partial charge in [0.25, 0.3) is 0 Å². The Labute approximate surface area is 217 Å². The number of rotatable bonds is 8. The zero-order valence-electron chi connectivity index (χ0n) is 21.6. The first-order chi connectivity index (χ1) is 17.9. The molecule has 192 valence electrons. The van der Waals surface area contributed by atoms with Gasteiger partial charge in [0.1, 0.15) is 0 Å². The van der Waals surface area contributed by atoms with Gasteiger partial charge in [-0.3, -0.25) is 9.69 Å². The first-order valence-corrected chi connectivity index (χ1v) is 12.9. The summed E-state index contributed by atoms with van der Waals surface area (Å²) < 4.78 is 2.07. The Kier molecular flexibility index (Phi) is 7.32. The number of benzene rings is 2. The molecule has 0 saturated carbocycles. The van der Waals surface area contributed by atoms with Gasteiger partial charge in [-0.25, -0.2) is 4.98 Å². The molecule has 0 unspecified atom stereocenters. The maximum absolute atomic E-state index is 11.3. The van der Waals surface area contributed by atoms with E-state index in [1.807, 2.05) is 30.6 Å². The zero-order valence-corrected chi connectivity index (χ0v) is 21.6. The number of imidazole rings is 1. The van der Waals surface area contributed by atoms with Crippen molar-refractivity contribution in [2.75, 3.05) is 29.0 Å². The molecule has 4 aromatic rings. The summed E-state index contributed by atoms with van der Waals surface area (Å²) in [6.45, 7) is 8.78. The van der Waals surface area contributed by atoms with E-state index in [0.29, 0.717) is 17.8 Å². The van der Waals surface area contributed by atoms with E-state index in [1.54, 1.807) is 0 Å². The van der Waals surface area contributed by atoms with Gasteiger partial charge in [0.2, 0.25) is 11.9 Å². The van der Waals surface area contributed by atoms with Crippen molar-refractivity contribution in [3.8, 4) is 0 Å². The summed E-state index contributed by atoms with van der Waals surface area (Å²) in [5, 5.41) is 9.79. The molecule has 9 heteroatoms. The van der Waals surface area contributed by atoms with Crippen molar-refractivity contribution < 1.29 is 4.79 Å². The van der Waals surface area contributed by atoms with Crippen LogP contribution in [0.3, 0.4) is 0 Å². The Morgan fingerprint density at radius 3 is 2.38 bits per heavy atom. The molecule has 0 aliphatic carbocycles. The normalized spacial score (nSPS) is 14.7. The van der Waals surface area contributed by atoms with Crippen molar-refractivity contribution in [2.24, 2.45) is 0 Å². The first-order valence-electron chi connectivity index (χ1n) is 12.9. The number of hydrogen-bond donors (Lipinski definition) is 3. The highest BCUT2D eigenvalue weighted by Gasteiger charge is 2.22. The molecular weight excluding hydrogens is 464 g/mol. The van der Waals surface area contributed by atoms with Gasteiger partial charge in [0.05, 0.1) is 6.33 Å². The van der Waals surface area contributed by atoms with Crippen molar-refractivity contribution >= 4 is 40.2 Å². The maximum Gasteiger partial charge on any atom is 0.227 e. The minimum Gasteiger partial charge on any atom is -0.351 e. The number of anilines is 4. The molecule has 3 heterocycles. The van der Waals surface area contributed by atoms with E-state index in [2.05, 4.69) is 74.6 Å². The van der Waals surface area contributed by atoms with Gasteiger partial charge >= 0.3 is 0 Å². The topological polar surface area (TPSA) is 100 Å². The van der Waals surface area contributed by atoms with E-state index >= 15 is 0 Å². The second kappa shape index (κ2) is 11.0. The number of nitrogens with one attached hydrogen (secondary N) is 3. The highest BCUT2D eigenvalue weighted by Crippen LogP contribution is 2.27. The number of likely N-dealkylation sites (tertiary alicyclic amines) is 1. The first kappa shape index (κ1) is 24.7. The van der Waals surface area contributed by atoms with Crippen LogP contribution in [0, 0.1) is 0 Å². The summed E-state index contributed by atoms with van der Waals surface area (Å²) in [5.74, 6) is 1.16. The highest BCUT2D eigenvalue weighted by atomic mass is 16.1. The largest absolute Gasteiger partial charge is 0.351 e. The van der Waals surface area contributed by atoms with Gasteiger partial charge in [0, 0.05) is 50.0 Å². The second-order valence-electron chi connectivity index (χ2n) is 9.88. The van der Waals surface area contributed by atoms with Crippen LogP contribution in [-0.4, -0.2) is 49.5 Å². The van der Waals surface area contributed by atoms with Crippen LogP contribution in [0.5, 0.6) is 0 Å². The van der Waals surface area contributed by atoms with Crippen molar-refractivity contribution in [1.82, 2.24) is 24.4 Å². The molecule has 1 fully saturated rings. The molecule has 1 aliphatic heterocycles. The molecule has 3 N–H and O–H groups in total. The van der Waals surface area contributed by atoms with E-state index in [9.17, 15) is 4.79 Å². The Morgan fingerprint density at radius 1 is 1.00 bits per heavy atom. The van der Waals surface area contributed by atoms with Crippen LogP contribution in [0.1, 0.15) is 45.2 Å². The van der Waals surface area contributed by atoms with E-state index in [-0.39, 0.29) is 11.9 Å². The quantitative estimate of drug-likeness (QED) is 0.308. The fourth-order valence-corrected chi connectivity index (χ4v) is 4.68. The van der Waals surface area contributed by atoms with Gasteiger partial charge in [0.15, 0.2) is 17.0 Å². The highest BCUT2D eigenvalue weighted by molar-refractivity contribution is 5.89. The average Bonchev–Trinajstić information content (AvgIpc) is 3.31. The van der Waals surface area contributed by atoms with Crippen LogP contribution in [-0.2, 0) is 11.3 Å². The van der Waals surface area contributed by atoms with Crippen molar-refractivity contribution in [3.05, 3.63) is 66.5 Å². The predicted molar refractivity (Wildman–Crippen MR) is 148 cm³/mol. The van der Waals surface area contributed by atoms with Crippen LogP contribution in [0.2, 0.25) is 0 Å². The molecule has 0 atom stereocenters. The third-order valence-electron chi connectivity index (χ3n) is 6.62. The fourth-order valence-electron chi connectivity index (χ4n) is 4.68. The van der Waals surface area contributed by atoms with Gasteiger partial charge in [-0.1, -0.05) is 30.3 Å². The standard InChI is InChI=1S/C28H34N8O/c1-19(2)36-18-29-25-26(31-23-11-9-22(10-12-23)30-20(3)37)33-28(34-27(25)36)32-24-13-15-35(16-14-24)17-21-7-5-4-6-8-21/h4-12,18-19,24H,13-17H2,1-3H3,(H,30,37)(H2,31,32,33,34). The van der Waals surface area contributed by atoms with Crippen LogP contribution in [0.4, 0.5) is 23.1 Å². The molecule has 0 bridgehead atoms. The lowest BCUT2D eigenvalue weighted by atomic mass is 10.0. The third-order valence-corrected chi connectivity index (χ3v) is 6.62. The summed E-state index contributed by atoms with van der Waals surface area (Å²) in [6, 6.07) is 18.7. The zero-order chi connectivity index (χ0) is 25.8. The number of carbonyl (C=O) groups excluding carboxylic acids is 1. The number of piperidine rings is 1. The Hall–Kier alpha value is -3.98. The van der Waals surface area contributed by atoms with Gasteiger partial charge in [-0.15, -0.1) is 0 Å². The Morgan fingerprint density at radius 2 is 1.70 bits per heavy atom. The van der Waals surface area contributed by atoms with Gasteiger partial charge in [-0.05, 0) is 56.5 Å². The molecule has 9 nitrogen and oxygen atoms in total. The van der Waals surface area contributed by atoms with E-state index in [0.717, 1.165) is 55.0 Å². The SMILES string of the molecule is CC(=O)Nc1ccc(Nc2nc(NC3CCN(Cc4ccccc4)CC3)nc3c2ncn3C(C)C)cc1. The van der Waals surface area contributed by atoms with E-state index in [1.165, 1.54) is 12.5 Å². The number of nitrogens with zero attached hydrogens (tertiary/aromatic N) is 5. The smallest absolute Gasteiger partial charge is 0.227 e. The minimum atomic E-state index is -0.0981.